The molecule has 21 heavy (non-hydrogen) atoms. The largest absolute Gasteiger partial charge is 0.356 e. The van der Waals surface area contributed by atoms with Crippen molar-refractivity contribution < 1.29 is 19.2 Å². The number of nitrogens with zero attached hydrogens (tertiary/aromatic N) is 1. The van der Waals surface area contributed by atoms with Crippen molar-refractivity contribution >= 4 is 17.8 Å². The fraction of sp³-hybridized carbons (Fsp3) is 0.667. The van der Waals surface area contributed by atoms with E-state index >= 15 is 0 Å². The maximum absolute atomic E-state index is 11.6. The van der Waals surface area contributed by atoms with Crippen molar-refractivity contribution in [3.63, 3.8) is 0 Å². The summed E-state index contributed by atoms with van der Waals surface area (Å²) in [5.41, 5.74) is 0.502. The van der Waals surface area contributed by atoms with E-state index in [1.807, 2.05) is 0 Å². The predicted molar refractivity (Wildman–Crippen MR) is 77.7 cm³/mol. The lowest BCUT2D eigenvalue weighted by Gasteiger charge is -2.15. The van der Waals surface area contributed by atoms with Crippen LogP contribution in [0.25, 0.3) is 0 Å². The fourth-order valence-electron chi connectivity index (χ4n) is 1.98. The van der Waals surface area contributed by atoms with Gasteiger partial charge in [0, 0.05) is 25.8 Å². The van der Waals surface area contributed by atoms with Crippen LogP contribution < -0.4 is 5.32 Å². The number of unbranched alkanes of at least 4 members (excludes halogenated alkanes) is 2. The van der Waals surface area contributed by atoms with Gasteiger partial charge in [0.15, 0.2) is 0 Å². The lowest BCUT2D eigenvalue weighted by Crippen LogP contribution is -2.27. The first-order chi connectivity index (χ1) is 10.0. The van der Waals surface area contributed by atoms with E-state index in [0.717, 1.165) is 24.3 Å². The van der Waals surface area contributed by atoms with Gasteiger partial charge in [-0.1, -0.05) is 26.3 Å². The highest BCUT2D eigenvalue weighted by Crippen LogP contribution is 2.21. The smallest absolute Gasteiger partial charge is 0.333 e. The maximum Gasteiger partial charge on any atom is 0.333 e. The SMILES string of the molecule is C=C1CCC(=O)N1OC(=O)CCCC(=O)NCCCCC. The maximum atomic E-state index is 11.6. The van der Waals surface area contributed by atoms with Crippen molar-refractivity contribution in [3.8, 4) is 0 Å². The Labute approximate surface area is 125 Å². The molecule has 0 aromatic carbocycles. The first kappa shape index (κ1) is 17.2. The summed E-state index contributed by atoms with van der Waals surface area (Å²) in [5.74, 6) is -0.812. The number of allylic oxidation sites excluding steroid dienone is 1. The summed E-state index contributed by atoms with van der Waals surface area (Å²) in [6, 6.07) is 0. The number of carbonyl (C=O) groups is 3. The second-order valence-corrected chi connectivity index (χ2v) is 5.13. The minimum Gasteiger partial charge on any atom is -0.356 e. The topological polar surface area (TPSA) is 75.7 Å². The number of hydroxylamine groups is 2. The van der Waals surface area contributed by atoms with E-state index in [4.69, 9.17) is 4.84 Å². The molecule has 0 aromatic heterocycles. The third-order valence-corrected chi connectivity index (χ3v) is 3.22. The van der Waals surface area contributed by atoms with Gasteiger partial charge in [-0.25, -0.2) is 4.79 Å². The van der Waals surface area contributed by atoms with Crippen LogP contribution in [0.1, 0.15) is 58.3 Å². The molecular formula is C15H24N2O4. The van der Waals surface area contributed by atoms with Gasteiger partial charge in [-0.2, -0.15) is 0 Å². The molecule has 2 amide bonds. The van der Waals surface area contributed by atoms with E-state index in [0.29, 0.717) is 31.5 Å². The van der Waals surface area contributed by atoms with Crippen LogP contribution in [0.15, 0.2) is 12.3 Å². The standard InChI is InChI=1S/C15H24N2O4/c1-3-4-5-11-16-13(18)7-6-8-15(20)21-17-12(2)9-10-14(17)19/h2-11H2,1H3,(H,16,18). The molecule has 118 valence electrons. The van der Waals surface area contributed by atoms with Crippen molar-refractivity contribution in [2.45, 2.75) is 58.3 Å². The molecule has 0 aromatic rings. The molecule has 0 spiro atoms. The number of amides is 2. The lowest BCUT2D eigenvalue weighted by atomic mass is 10.2. The molecule has 0 saturated carbocycles. The average molecular weight is 296 g/mol. The van der Waals surface area contributed by atoms with Gasteiger partial charge in [-0.05, 0) is 19.3 Å². The molecule has 1 aliphatic rings. The summed E-state index contributed by atoms with van der Waals surface area (Å²) in [7, 11) is 0. The zero-order valence-electron chi connectivity index (χ0n) is 12.7. The van der Waals surface area contributed by atoms with Crippen LogP contribution in [-0.2, 0) is 19.2 Å². The third-order valence-electron chi connectivity index (χ3n) is 3.22. The monoisotopic (exact) mass is 296 g/mol. The Bertz CT molecular complexity index is 390. The number of carbonyl (C=O) groups excluding carboxylic acids is 3. The summed E-state index contributed by atoms with van der Waals surface area (Å²) < 4.78 is 0. The molecule has 1 saturated heterocycles. The molecular weight excluding hydrogens is 272 g/mol. The number of hydrogen-bond donors (Lipinski definition) is 1. The van der Waals surface area contributed by atoms with Gasteiger partial charge < -0.3 is 10.2 Å². The van der Waals surface area contributed by atoms with Gasteiger partial charge in [-0.15, -0.1) is 5.06 Å². The van der Waals surface area contributed by atoms with Gasteiger partial charge in [0.2, 0.25) is 5.91 Å². The molecule has 1 N–H and O–H groups in total. The normalized spacial score (nSPS) is 14.4. The Morgan fingerprint density at radius 3 is 2.62 bits per heavy atom. The molecule has 0 radical (unpaired) electrons. The summed E-state index contributed by atoms with van der Waals surface area (Å²) in [4.78, 5) is 39.4. The summed E-state index contributed by atoms with van der Waals surface area (Å²) in [6.07, 6.45) is 4.84. The molecule has 0 unspecified atom stereocenters. The van der Waals surface area contributed by atoms with Gasteiger partial charge >= 0.3 is 5.97 Å². The molecule has 0 bridgehead atoms. The molecule has 1 rings (SSSR count). The molecule has 1 aliphatic heterocycles. The average Bonchev–Trinajstić information content (AvgIpc) is 2.75. The van der Waals surface area contributed by atoms with Crippen LogP contribution in [0.4, 0.5) is 0 Å². The van der Waals surface area contributed by atoms with Crippen LogP contribution in [0.2, 0.25) is 0 Å². The predicted octanol–water partition coefficient (Wildman–Crippen LogP) is 2.06. The Morgan fingerprint density at radius 2 is 2.00 bits per heavy atom. The highest BCUT2D eigenvalue weighted by molar-refractivity contribution is 5.82. The highest BCUT2D eigenvalue weighted by atomic mass is 16.7. The van der Waals surface area contributed by atoms with Crippen molar-refractivity contribution in [3.05, 3.63) is 12.3 Å². The molecule has 0 atom stereocenters. The Balaban J connectivity index is 2.11. The molecule has 1 fully saturated rings. The van der Waals surface area contributed by atoms with Crippen molar-refractivity contribution in [1.82, 2.24) is 10.4 Å². The van der Waals surface area contributed by atoms with E-state index in [1.54, 1.807) is 0 Å². The quantitative estimate of drug-likeness (QED) is 0.661. The Hall–Kier alpha value is -1.85. The second-order valence-electron chi connectivity index (χ2n) is 5.13. The minimum atomic E-state index is -0.509. The fourth-order valence-corrected chi connectivity index (χ4v) is 1.98. The Morgan fingerprint density at radius 1 is 1.24 bits per heavy atom. The van der Waals surface area contributed by atoms with E-state index in [-0.39, 0.29) is 24.7 Å². The molecule has 6 nitrogen and oxygen atoms in total. The first-order valence-electron chi connectivity index (χ1n) is 7.52. The number of hydrogen-bond acceptors (Lipinski definition) is 4. The third kappa shape index (κ3) is 6.42. The van der Waals surface area contributed by atoms with Crippen LogP contribution in [0, 0.1) is 0 Å². The van der Waals surface area contributed by atoms with E-state index < -0.39 is 5.97 Å². The van der Waals surface area contributed by atoms with E-state index in [9.17, 15) is 14.4 Å². The molecule has 1 heterocycles. The Kier molecular flexibility index (Phi) is 7.50. The summed E-state index contributed by atoms with van der Waals surface area (Å²) in [5, 5.41) is 3.77. The highest BCUT2D eigenvalue weighted by Gasteiger charge is 2.27. The zero-order valence-corrected chi connectivity index (χ0v) is 12.7. The van der Waals surface area contributed by atoms with E-state index in [2.05, 4.69) is 18.8 Å². The van der Waals surface area contributed by atoms with Gasteiger partial charge in [-0.3, -0.25) is 9.59 Å². The van der Waals surface area contributed by atoms with E-state index in [1.165, 1.54) is 0 Å². The van der Waals surface area contributed by atoms with Crippen molar-refractivity contribution in [2.24, 2.45) is 0 Å². The summed E-state index contributed by atoms with van der Waals surface area (Å²) >= 11 is 0. The van der Waals surface area contributed by atoms with Crippen LogP contribution in [0.3, 0.4) is 0 Å². The van der Waals surface area contributed by atoms with Gasteiger partial charge in [0.1, 0.15) is 0 Å². The minimum absolute atomic E-state index is 0.0550. The molecule has 0 aliphatic carbocycles. The summed E-state index contributed by atoms with van der Waals surface area (Å²) in [6.45, 7) is 6.44. The number of rotatable bonds is 9. The van der Waals surface area contributed by atoms with Crippen molar-refractivity contribution in [2.75, 3.05) is 6.54 Å². The van der Waals surface area contributed by atoms with Gasteiger partial charge in [0.25, 0.3) is 5.91 Å². The zero-order chi connectivity index (χ0) is 15.7. The number of nitrogens with one attached hydrogen (secondary N) is 1. The first-order valence-corrected chi connectivity index (χ1v) is 7.52. The molecule has 6 heteroatoms. The second kappa shape index (κ2) is 9.15. The van der Waals surface area contributed by atoms with Crippen molar-refractivity contribution in [1.29, 1.82) is 0 Å². The van der Waals surface area contributed by atoms with Crippen LogP contribution >= 0.6 is 0 Å². The van der Waals surface area contributed by atoms with Gasteiger partial charge in [0.05, 0.1) is 5.70 Å². The van der Waals surface area contributed by atoms with Crippen LogP contribution in [0.5, 0.6) is 0 Å². The lowest BCUT2D eigenvalue weighted by molar-refractivity contribution is -0.186. The van der Waals surface area contributed by atoms with Crippen LogP contribution in [-0.4, -0.2) is 29.4 Å².